The third-order valence-corrected chi connectivity index (χ3v) is 6.02. The second kappa shape index (κ2) is 6.82. The molecule has 1 aromatic heterocycles. The summed E-state index contributed by atoms with van der Waals surface area (Å²) >= 11 is 4.99. The standard InChI is InChI=1S/C13H15BrN2O2S2/c14-13-6-5-11(19-13)7-8-16-20(17,18)12-4-2-1-3-10(12)9-15/h1-6,16H,7-9,15H2. The van der Waals surface area contributed by atoms with Gasteiger partial charge >= 0.3 is 0 Å². The average Bonchev–Trinajstić information content (AvgIpc) is 2.84. The van der Waals surface area contributed by atoms with Gasteiger partial charge in [0.25, 0.3) is 0 Å². The van der Waals surface area contributed by atoms with Crippen molar-refractivity contribution in [3.63, 3.8) is 0 Å². The highest BCUT2D eigenvalue weighted by Gasteiger charge is 2.16. The Kier molecular flexibility index (Phi) is 5.34. The molecule has 0 bridgehead atoms. The molecule has 7 heteroatoms. The Morgan fingerprint density at radius 2 is 1.95 bits per heavy atom. The van der Waals surface area contributed by atoms with Crippen LogP contribution in [0.15, 0.2) is 45.1 Å². The highest BCUT2D eigenvalue weighted by atomic mass is 79.9. The van der Waals surface area contributed by atoms with E-state index in [4.69, 9.17) is 5.73 Å². The molecular weight excluding hydrogens is 360 g/mol. The van der Waals surface area contributed by atoms with Crippen LogP contribution >= 0.6 is 27.3 Å². The molecule has 0 spiro atoms. The van der Waals surface area contributed by atoms with Gasteiger partial charge in [0.15, 0.2) is 0 Å². The predicted octanol–water partition coefficient (Wildman–Crippen LogP) is 2.49. The summed E-state index contributed by atoms with van der Waals surface area (Å²) in [6, 6.07) is 10.7. The fourth-order valence-electron chi connectivity index (χ4n) is 1.81. The minimum Gasteiger partial charge on any atom is -0.326 e. The summed E-state index contributed by atoms with van der Waals surface area (Å²) in [5.41, 5.74) is 6.20. The lowest BCUT2D eigenvalue weighted by Crippen LogP contribution is -2.27. The first kappa shape index (κ1) is 15.7. The molecule has 3 N–H and O–H groups in total. The van der Waals surface area contributed by atoms with Gasteiger partial charge in [0, 0.05) is 18.0 Å². The van der Waals surface area contributed by atoms with Crippen LogP contribution in [-0.2, 0) is 23.0 Å². The summed E-state index contributed by atoms with van der Waals surface area (Å²) in [4.78, 5) is 1.39. The maximum Gasteiger partial charge on any atom is 0.240 e. The molecule has 0 fully saturated rings. The van der Waals surface area contributed by atoms with E-state index >= 15 is 0 Å². The van der Waals surface area contributed by atoms with Crippen LogP contribution < -0.4 is 10.5 Å². The van der Waals surface area contributed by atoms with Crippen LogP contribution in [-0.4, -0.2) is 15.0 Å². The Bertz CT molecular complexity index is 683. The number of nitrogens with two attached hydrogens (primary N) is 1. The van der Waals surface area contributed by atoms with Crippen molar-refractivity contribution in [3.8, 4) is 0 Å². The molecule has 1 aromatic carbocycles. The molecule has 0 unspecified atom stereocenters. The topological polar surface area (TPSA) is 72.2 Å². The summed E-state index contributed by atoms with van der Waals surface area (Å²) in [5, 5.41) is 0. The molecule has 0 aliphatic rings. The fraction of sp³-hybridized carbons (Fsp3) is 0.231. The SMILES string of the molecule is NCc1ccccc1S(=O)(=O)NCCc1ccc(Br)s1. The lowest BCUT2D eigenvalue weighted by molar-refractivity contribution is 0.580. The number of nitrogens with one attached hydrogen (secondary N) is 1. The zero-order chi connectivity index (χ0) is 14.6. The lowest BCUT2D eigenvalue weighted by atomic mass is 10.2. The summed E-state index contributed by atoms with van der Waals surface area (Å²) in [7, 11) is -3.50. The van der Waals surface area contributed by atoms with Gasteiger partial charge in [-0.05, 0) is 46.1 Å². The molecule has 1 heterocycles. The first-order valence-electron chi connectivity index (χ1n) is 6.05. The first-order valence-corrected chi connectivity index (χ1v) is 9.14. The lowest BCUT2D eigenvalue weighted by Gasteiger charge is -2.09. The van der Waals surface area contributed by atoms with Crippen LogP contribution in [0, 0.1) is 0 Å². The van der Waals surface area contributed by atoms with Gasteiger partial charge < -0.3 is 5.73 Å². The van der Waals surface area contributed by atoms with Crippen LogP contribution in [0.1, 0.15) is 10.4 Å². The number of halogens is 1. The van der Waals surface area contributed by atoms with E-state index in [1.54, 1.807) is 35.6 Å². The Morgan fingerprint density at radius 1 is 1.20 bits per heavy atom. The predicted molar refractivity (Wildman–Crippen MR) is 85.2 cm³/mol. The molecule has 0 aliphatic heterocycles. The number of rotatable bonds is 6. The van der Waals surface area contributed by atoms with Crippen molar-refractivity contribution in [1.82, 2.24) is 4.72 Å². The van der Waals surface area contributed by atoms with Crippen molar-refractivity contribution in [2.45, 2.75) is 17.9 Å². The van der Waals surface area contributed by atoms with Crippen molar-refractivity contribution in [3.05, 3.63) is 50.6 Å². The van der Waals surface area contributed by atoms with Crippen molar-refractivity contribution < 1.29 is 8.42 Å². The van der Waals surface area contributed by atoms with Crippen molar-refractivity contribution in [2.75, 3.05) is 6.54 Å². The van der Waals surface area contributed by atoms with Gasteiger partial charge in [-0.1, -0.05) is 18.2 Å². The Labute approximate surface area is 131 Å². The van der Waals surface area contributed by atoms with E-state index in [0.717, 1.165) is 8.66 Å². The van der Waals surface area contributed by atoms with Gasteiger partial charge in [-0.3, -0.25) is 0 Å². The fourth-order valence-corrected chi connectivity index (χ4v) is 4.57. The van der Waals surface area contributed by atoms with Gasteiger partial charge in [-0.2, -0.15) is 0 Å². The molecule has 0 atom stereocenters. The molecule has 4 nitrogen and oxygen atoms in total. The highest BCUT2D eigenvalue weighted by Crippen LogP contribution is 2.22. The van der Waals surface area contributed by atoms with Crippen LogP contribution in [0.4, 0.5) is 0 Å². The van der Waals surface area contributed by atoms with Gasteiger partial charge in [0.1, 0.15) is 0 Å². The number of hydrogen-bond acceptors (Lipinski definition) is 4. The van der Waals surface area contributed by atoms with E-state index in [9.17, 15) is 8.42 Å². The average molecular weight is 375 g/mol. The van der Waals surface area contributed by atoms with Crippen LogP contribution in [0.25, 0.3) is 0 Å². The summed E-state index contributed by atoms with van der Waals surface area (Å²) in [5.74, 6) is 0. The minimum absolute atomic E-state index is 0.203. The molecule has 0 saturated carbocycles. The van der Waals surface area contributed by atoms with Crippen molar-refractivity contribution in [1.29, 1.82) is 0 Å². The molecule has 0 amide bonds. The third-order valence-electron chi connectivity index (χ3n) is 2.77. The quantitative estimate of drug-likeness (QED) is 0.815. The summed E-state index contributed by atoms with van der Waals surface area (Å²) in [6.07, 6.45) is 0.667. The van der Waals surface area contributed by atoms with Gasteiger partial charge in [-0.25, -0.2) is 13.1 Å². The van der Waals surface area contributed by atoms with E-state index in [2.05, 4.69) is 20.7 Å². The van der Waals surface area contributed by atoms with Crippen molar-refractivity contribution in [2.24, 2.45) is 5.73 Å². The Balaban J connectivity index is 2.04. The molecule has 0 aliphatic carbocycles. The van der Waals surface area contributed by atoms with Crippen LogP contribution in [0.2, 0.25) is 0 Å². The zero-order valence-electron chi connectivity index (χ0n) is 10.7. The third kappa shape index (κ3) is 3.89. The smallest absolute Gasteiger partial charge is 0.240 e. The number of thiophene rings is 1. The number of hydrogen-bond donors (Lipinski definition) is 2. The highest BCUT2D eigenvalue weighted by molar-refractivity contribution is 9.11. The second-order valence-corrected chi connectivity index (χ2v) is 8.45. The Hall–Kier alpha value is -0.730. The van der Waals surface area contributed by atoms with Gasteiger partial charge in [-0.15, -0.1) is 11.3 Å². The second-order valence-electron chi connectivity index (χ2n) is 4.17. The van der Waals surface area contributed by atoms with Crippen LogP contribution in [0.5, 0.6) is 0 Å². The molecule has 0 radical (unpaired) electrons. The van der Waals surface area contributed by atoms with Crippen molar-refractivity contribution >= 4 is 37.3 Å². The van der Waals surface area contributed by atoms with E-state index < -0.39 is 10.0 Å². The van der Waals surface area contributed by atoms with Gasteiger partial charge in [0.2, 0.25) is 10.0 Å². The summed E-state index contributed by atoms with van der Waals surface area (Å²) < 4.78 is 28.1. The first-order chi connectivity index (χ1) is 9.53. The van der Waals surface area contributed by atoms with Gasteiger partial charge in [0.05, 0.1) is 8.68 Å². The monoisotopic (exact) mass is 374 g/mol. The largest absolute Gasteiger partial charge is 0.326 e. The normalized spacial score (nSPS) is 11.7. The molecule has 108 valence electrons. The molecule has 2 rings (SSSR count). The van der Waals surface area contributed by atoms with Crippen LogP contribution in [0.3, 0.4) is 0 Å². The maximum atomic E-state index is 12.2. The summed E-state index contributed by atoms with van der Waals surface area (Å²) in [6.45, 7) is 0.573. The minimum atomic E-state index is -3.50. The zero-order valence-corrected chi connectivity index (χ0v) is 13.9. The molecule has 0 saturated heterocycles. The van der Waals surface area contributed by atoms with E-state index in [0.29, 0.717) is 18.5 Å². The number of benzene rings is 1. The number of sulfonamides is 1. The Morgan fingerprint density at radius 3 is 2.60 bits per heavy atom. The molecule has 20 heavy (non-hydrogen) atoms. The molecular formula is C13H15BrN2O2S2. The van der Waals surface area contributed by atoms with E-state index in [1.165, 1.54) is 0 Å². The molecule has 2 aromatic rings. The van der Waals surface area contributed by atoms with E-state index in [-0.39, 0.29) is 11.4 Å². The van der Waals surface area contributed by atoms with E-state index in [1.807, 2.05) is 12.1 Å². The maximum absolute atomic E-state index is 12.2.